The van der Waals surface area contributed by atoms with Crippen LogP contribution in [0.25, 0.3) is 0 Å². The third-order valence-corrected chi connectivity index (χ3v) is 6.24. The summed E-state index contributed by atoms with van der Waals surface area (Å²) >= 11 is 0. The Hall–Kier alpha value is -3.82. The van der Waals surface area contributed by atoms with Crippen molar-refractivity contribution < 1.29 is 37.4 Å². The minimum Gasteiger partial charge on any atom is -0.465 e. The molecule has 1 saturated heterocycles. The van der Waals surface area contributed by atoms with Crippen LogP contribution in [0.5, 0.6) is 0 Å². The topological polar surface area (TPSA) is 102 Å². The molecule has 37 heavy (non-hydrogen) atoms. The molecule has 0 aromatic heterocycles. The van der Waals surface area contributed by atoms with Crippen LogP contribution in [0.4, 0.5) is 8.78 Å². The van der Waals surface area contributed by atoms with Crippen LogP contribution in [0.15, 0.2) is 42.5 Å². The van der Waals surface area contributed by atoms with Gasteiger partial charge in [0.25, 0.3) is 0 Å². The van der Waals surface area contributed by atoms with Crippen LogP contribution >= 0.6 is 0 Å². The third-order valence-electron chi connectivity index (χ3n) is 6.24. The van der Waals surface area contributed by atoms with Crippen LogP contribution in [0.3, 0.4) is 0 Å². The molecule has 1 N–H and O–H groups in total. The number of hydrogen-bond acceptors (Lipinski definition) is 6. The molecular formula is C27H30F2N2O6. The predicted octanol–water partition coefficient (Wildman–Crippen LogP) is 3.52. The second-order valence-electron chi connectivity index (χ2n) is 9.22. The van der Waals surface area contributed by atoms with Gasteiger partial charge in [-0.25, -0.2) is 18.4 Å². The number of ether oxygens (including phenoxy) is 2. The first kappa shape index (κ1) is 27.8. The van der Waals surface area contributed by atoms with Gasteiger partial charge in [-0.15, -0.1) is 0 Å². The average molecular weight is 517 g/mol. The lowest BCUT2D eigenvalue weighted by atomic mass is 10.0. The second-order valence-corrected chi connectivity index (χ2v) is 9.22. The van der Waals surface area contributed by atoms with E-state index in [9.17, 15) is 28.0 Å². The SMILES string of the molecule is COC(=O)c1ccc(COC(=O)[C@@H](NC(=O)C[C@@H]2CCC(=O)N2Cc2cccc(F)c2F)C(C)C)cc1. The van der Waals surface area contributed by atoms with E-state index in [-0.39, 0.29) is 43.4 Å². The van der Waals surface area contributed by atoms with Gasteiger partial charge in [0.2, 0.25) is 11.8 Å². The molecule has 1 aliphatic heterocycles. The molecular weight excluding hydrogens is 486 g/mol. The predicted molar refractivity (Wildman–Crippen MR) is 129 cm³/mol. The molecule has 2 amide bonds. The molecule has 8 nitrogen and oxygen atoms in total. The molecule has 198 valence electrons. The van der Waals surface area contributed by atoms with Gasteiger partial charge in [0, 0.05) is 31.0 Å². The summed E-state index contributed by atoms with van der Waals surface area (Å²) < 4.78 is 37.7. The summed E-state index contributed by atoms with van der Waals surface area (Å²) in [7, 11) is 1.28. The fourth-order valence-electron chi connectivity index (χ4n) is 4.12. The number of benzene rings is 2. The van der Waals surface area contributed by atoms with Crippen LogP contribution in [0.2, 0.25) is 0 Å². The normalized spacial score (nSPS) is 16.0. The summed E-state index contributed by atoms with van der Waals surface area (Å²) in [6.45, 7) is 3.32. The smallest absolute Gasteiger partial charge is 0.337 e. The van der Waals surface area contributed by atoms with Crippen LogP contribution < -0.4 is 5.32 Å². The van der Waals surface area contributed by atoms with Gasteiger partial charge in [-0.1, -0.05) is 38.1 Å². The molecule has 2 aromatic rings. The van der Waals surface area contributed by atoms with E-state index in [1.54, 1.807) is 38.1 Å². The Morgan fingerprint density at radius 2 is 1.81 bits per heavy atom. The van der Waals surface area contributed by atoms with Crippen molar-refractivity contribution in [3.8, 4) is 0 Å². The number of rotatable bonds is 10. The summed E-state index contributed by atoms with van der Waals surface area (Å²) in [4.78, 5) is 50.8. The second kappa shape index (κ2) is 12.4. The van der Waals surface area contributed by atoms with Gasteiger partial charge < -0.3 is 19.7 Å². The van der Waals surface area contributed by atoms with Crippen molar-refractivity contribution >= 4 is 23.8 Å². The van der Waals surface area contributed by atoms with Gasteiger partial charge in [-0.3, -0.25) is 9.59 Å². The number of esters is 2. The Morgan fingerprint density at radius 3 is 2.46 bits per heavy atom. The number of methoxy groups -OCH3 is 1. The summed E-state index contributed by atoms with van der Waals surface area (Å²) in [6, 6.07) is 8.71. The maximum Gasteiger partial charge on any atom is 0.337 e. The van der Waals surface area contributed by atoms with Gasteiger partial charge in [-0.05, 0) is 36.1 Å². The van der Waals surface area contributed by atoms with E-state index in [2.05, 4.69) is 10.1 Å². The van der Waals surface area contributed by atoms with Crippen molar-refractivity contribution in [2.75, 3.05) is 7.11 Å². The van der Waals surface area contributed by atoms with E-state index in [0.717, 1.165) is 6.07 Å². The zero-order valence-corrected chi connectivity index (χ0v) is 21.0. The molecule has 0 spiro atoms. The van der Waals surface area contributed by atoms with E-state index in [0.29, 0.717) is 17.5 Å². The first-order chi connectivity index (χ1) is 17.6. The monoisotopic (exact) mass is 516 g/mol. The van der Waals surface area contributed by atoms with Gasteiger partial charge >= 0.3 is 11.9 Å². The minimum absolute atomic E-state index is 0.0314. The molecule has 10 heteroatoms. The Labute approximate surface area is 213 Å². The largest absolute Gasteiger partial charge is 0.465 e. The molecule has 0 bridgehead atoms. The number of likely N-dealkylation sites (tertiary alicyclic amines) is 1. The number of nitrogens with zero attached hydrogens (tertiary/aromatic N) is 1. The van der Waals surface area contributed by atoms with Crippen molar-refractivity contribution in [2.24, 2.45) is 5.92 Å². The summed E-state index contributed by atoms with van der Waals surface area (Å²) in [6.07, 6.45) is 0.495. The van der Waals surface area contributed by atoms with E-state index in [4.69, 9.17) is 4.74 Å². The lowest BCUT2D eigenvalue weighted by Gasteiger charge is -2.26. The molecule has 1 heterocycles. The fourth-order valence-corrected chi connectivity index (χ4v) is 4.12. The Morgan fingerprint density at radius 1 is 1.11 bits per heavy atom. The molecule has 0 unspecified atom stereocenters. The number of nitrogens with one attached hydrogen (secondary N) is 1. The van der Waals surface area contributed by atoms with Crippen LogP contribution in [-0.4, -0.2) is 47.8 Å². The van der Waals surface area contributed by atoms with Gasteiger partial charge in [0.15, 0.2) is 11.6 Å². The number of carbonyl (C=O) groups excluding carboxylic acids is 4. The number of amides is 2. The number of carbonyl (C=O) groups is 4. The molecule has 0 saturated carbocycles. The maximum atomic E-state index is 14.1. The summed E-state index contributed by atoms with van der Waals surface area (Å²) in [5, 5.41) is 2.68. The molecule has 1 fully saturated rings. The molecule has 2 atom stereocenters. The van der Waals surface area contributed by atoms with E-state index < -0.39 is 41.6 Å². The Kier molecular flexibility index (Phi) is 9.32. The van der Waals surface area contributed by atoms with Crippen molar-refractivity contribution in [1.29, 1.82) is 0 Å². The first-order valence-electron chi connectivity index (χ1n) is 12.0. The molecule has 2 aromatic carbocycles. The fraction of sp³-hybridized carbons (Fsp3) is 0.407. The average Bonchev–Trinajstić information content (AvgIpc) is 3.21. The Balaban J connectivity index is 1.58. The number of halogens is 2. The highest BCUT2D eigenvalue weighted by atomic mass is 19.2. The highest BCUT2D eigenvalue weighted by Gasteiger charge is 2.34. The first-order valence-corrected chi connectivity index (χ1v) is 12.0. The summed E-state index contributed by atoms with van der Waals surface area (Å²) in [5.41, 5.74) is 1.05. The minimum atomic E-state index is -1.02. The van der Waals surface area contributed by atoms with E-state index >= 15 is 0 Å². The zero-order valence-electron chi connectivity index (χ0n) is 21.0. The molecule has 0 radical (unpaired) electrons. The maximum absolute atomic E-state index is 14.1. The van der Waals surface area contributed by atoms with E-state index in [1.165, 1.54) is 24.1 Å². The highest BCUT2D eigenvalue weighted by Crippen LogP contribution is 2.25. The van der Waals surface area contributed by atoms with Crippen LogP contribution in [-0.2, 0) is 37.0 Å². The standard InChI is InChI=1S/C27H30F2N2O6/c1-16(2)25(27(35)37-15-17-7-9-18(10-8-17)26(34)36-3)30-22(32)13-20-11-12-23(33)31(20)14-19-5-4-6-21(28)24(19)29/h4-10,16,20,25H,11-15H2,1-3H3,(H,30,32)/t20-,25-/m0/s1. The van der Waals surface area contributed by atoms with E-state index in [1.807, 2.05) is 0 Å². The third kappa shape index (κ3) is 7.12. The van der Waals surface area contributed by atoms with Crippen LogP contribution in [0.1, 0.15) is 54.6 Å². The number of hydrogen-bond donors (Lipinski definition) is 1. The van der Waals surface area contributed by atoms with Crippen molar-refractivity contribution in [3.05, 3.63) is 70.8 Å². The van der Waals surface area contributed by atoms with Crippen molar-refractivity contribution in [3.63, 3.8) is 0 Å². The van der Waals surface area contributed by atoms with Crippen molar-refractivity contribution in [1.82, 2.24) is 10.2 Å². The quantitative estimate of drug-likeness (QED) is 0.485. The van der Waals surface area contributed by atoms with Crippen molar-refractivity contribution in [2.45, 2.75) is 58.3 Å². The highest BCUT2D eigenvalue weighted by molar-refractivity contribution is 5.89. The summed E-state index contributed by atoms with van der Waals surface area (Å²) in [5.74, 6) is -4.11. The van der Waals surface area contributed by atoms with Crippen LogP contribution in [0, 0.1) is 17.6 Å². The molecule has 0 aliphatic carbocycles. The van der Waals surface area contributed by atoms with Gasteiger partial charge in [-0.2, -0.15) is 0 Å². The lowest BCUT2D eigenvalue weighted by molar-refractivity contribution is -0.150. The molecule has 3 rings (SSSR count). The molecule has 1 aliphatic rings. The lowest BCUT2D eigenvalue weighted by Crippen LogP contribution is -2.47. The zero-order chi connectivity index (χ0) is 27.1. The van der Waals surface area contributed by atoms with Gasteiger partial charge in [0.05, 0.1) is 12.7 Å². The van der Waals surface area contributed by atoms with Gasteiger partial charge in [0.1, 0.15) is 12.6 Å². The Bertz CT molecular complexity index is 1150.